The van der Waals surface area contributed by atoms with Crippen molar-refractivity contribution in [3.63, 3.8) is 0 Å². The molecule has 1 unspecified atom stereocenters. The van der Waals surface area contributed by atoms with Gasteiger partial charge in [0, 0.05) is 12.3 Å². The largest absolute Gasteiger partial charge is 0.462 e. The van der Waals surface area contributed by atoms with Gasteiger partial charge in [0.2, 0.25) is 0 Å². The fourth-order valence-corrected chi connectivity index (χ4v) is 2.35. The van der Waals surface area contributed by atoms with E-state index in [0.29, 0.717) is 6.61 Å². The third-order valence-corrected chi connectivity index (χ3v) is 4.00. The molecule has 0 aromatic rings. The molecule has 0 aromatic heterocycles. The lowest BCUT2D eigenvalue weighted by molar-refractivity contribution is -0.153. The zero-order valence-electron chi connectivity index (χ0n) is 13.9. The molecule has 0 saturated carbocycles. The Hall–Kier alpha value is -0.640. The maximum absolute atomic E-state index is 11.9. The molecule has 0 saturated heterocycles. The van der Waals surface area contributed by atoms with Gasteiger partial charge >= 0.3 is 5.97 Å². The van der Waals surface area contributed by atoms with Crippen molar-refractivity contribution in [1.29, 1.82) is 0 Å². The van der Waals surface area contributed by atoms with E-state index < -0.39 is 6.86 Å². The summed E-state index contributed by atoms with van der Waals surface area (Å²) in [6.07, 6.45) is 3.54. The molecule has 120 valence electrons. The highest BCUT2D eigenvalue weighted by molar-refractivity contribution is 5.66. The molecule has 0 aromatic carbocycles. The lowest BCUT2D eigenvalue weighted by atomic mass is 9.74. The summed E-state index contributed by atoms with van der Waals surface area (Å²) in [5.74, 6) is -0.222. The third kappa shape index (κ3) is 7.83. The molecule has 4 heteroatoms. The summed E-state index contributed by atoms with van der Waals surface area (Å²) in [5, 5.41) is 0. The van der Waals surface area contributed by atoms with Crippen LogP contribution >= 0.6 is 0 Å². The van der Waals surface area contributed by atoms with Crippen molar-refractivity contribution >= 4 is 5.97 Å². The summed E-state index contributed by atoms with van der Waals surface area (Å²) < 4.78 is 22.1. The number of ether oxygens (including phenoxy) is 2. The molecule has 0 aliphatic rings. The van der Waals surface area contributed by atoms with Crippen LogP contribution in [-0.2, 0) is 14.3 Å². The number of hydrogen-bond donors (Lipinski definition) is 0. The van der Waals surface area contributed by atoms with Gasteiger partial charge < -0.3 is 9.47 Å². The van der Waals surface area contributed by atoms with E-state index in [1.165, 1.54) is 6.92 Å². The molecule has 1 atom stereocenters. The lowest BCUT2D eigenvalue weighted by Crippen LogP contribution is -2.34. The standard InChI is InChI=1S/C16H31FO3/c1-7-14(20-13(2)18)16(5,6)9-8-15(3,4)10-11-19-12-17/h14H,7-12H2,1-6H3. The van der Waals surface area contributed by atoms with Gasteiger partial charge in [-0.2, -0.15) is 0 Å². The summed E-state index contributed by atoms with van der Waals surface area (Å²) in [4.78, 5) is 11.2. The van der Waals surface area contributed by atoms with Crippen molar-refractivity contribution < 1.29 is 18.7 Å². The Morgan fingerprint density at radius 1 is 1.15 bits per heavy atom. The average Bonchev–Trinajstić information content (AvgIpc) is 2.33. The molecular formula is C16H31FO3. The van der Waals surface area contributed by atoms with Crippen molar-refractivity contribution in [2.75, 3.05) is 13.5 Å². The molecule has 0 aliphatic carbocycles. The minimum Gasteiger partial charge on any atom is -0.462 e. The van der Waals surface area contributed by atoms with Crippen LogP contribution in [0, 0.1) is 10.8 Å². The number of carbonyl (C=O) groups is 1. The minimum atomic E-state index is -0.716. The molecule has 0 amide bonds. The van der Waals surface area contributed by atoms with Crippen LogP contribution in [-0.4, -0.2) is 25.5 Å². The summed E-state index contributed by atoms with van der Waals surface area (Å²) in [7, 11) is 0. The molecule has 0 fully saturated rings. The van der Waals surface area contributed by atoms with E-state index in [1.54, 1.807) is 0 Å². The van der Waals surface area contributed by atoms with Crippen molar-refractivity contribution in [2.24, 2.45) is 10.8 Å². The molecule has 0 N–H and O–H groups in total. The van der Waals surface area contributed by atoms with Crippen molar-refractivity contribution in [3.05, 3.63) is 0 Å². The number of hydrogen-bond acceptors (Lipinski definition) is 3. The van der Waals surface area contributed by atoms with Crippen molar-refractivity contribution in [1.82, 2.24) is 0 Å². The molecule has 3 nitrogen and oxygen atoms in total. The topological polar surface area (TPSA) is 35.5 Å². The predicted molar refractivity (Wildman–Crippen MR) is 79.2 cm³/mol. The van der Waals surface area contributed by atoms with Gasteiger partial charge in [0.15, 0.2) is 6.86 Å². The normalized spacial score (nSPS) is 14.2. The van der Waals surface area contributed by atoms with Crippen LogP contribution in [0.1, 0.15) is 67.2 Å². The van der Waals surface area contributed by atoms with Crippen LogP contribution in [0.5, 0.6) is 0 Å². The number of halogens is 1. The van der Waals surface area contributed by atoms with Gasteiger partial charge in [-0.3, -0.25) is 4.79 Å². The smallest absolute Gasteiger partial charge is 0.302 e. The highest BCUT2D eigenvalue weighted by atomic mass is 19.1. The van der Waals surface area contributed by atoms with Crippen LogP contribution < -0.4 is 0 Å². The van der Waals surface area contributed by atoms with E-state index in [9.17, 15) is 9.18 Å². The van der Waals surface area contributed by atoms with Gasteiger partial charge in [-0.05, 0) is 31.1 Å². The number of alkyl halides is 1. The maximum atomic E-state index is 11.9. The highest BCUT2D eigenvalue weighted by Gasteiger charge is 2.32. The Bertz CT molecular complexity index is 287. The number of rotatable bonds is 10. The van der Waals surface area contributed by atoms with Crippen LogP contribution in [0.4, 0.5) is 4.39 Å². The lowest BCUT2D eigenvalue weighted by Gasteiger charge is -2.36. The molecule has 0 aliphatic heterocycles. The first-order valence-electron chi connectivity index (χ1n) is 7.45. The summed E-state index contributed by atoms with van der Waals surface area (Å²) >= 11 is 0. The zero-order valence-corrected chi connectivity index (χ0v) is 13.9. The van der Waals surface area contributed by atoms with Gasteiger partial charge in [0.1, 0.15) is 6.10 Å². The van der Waals surface area contributed by atoms with E-state index in [0.717, 1.165) is 25.7 Å². The number of carbonyl (C=O) groups excluding carboxylic acids is 1. The maximum Gasteiger partial charge on any atom is 0.302 e. The Morgan fingerprint density at radius 2 is 1.75 bits per heavy atom. The van der Waals surface area contributed by atoms with Crippen molar-refractivity contribution in [2.45, 2.75) is 73.3 Å². The minimum absolute atomic E-state index is 0.0569. The van der Waals surface area contributed by atoms with Gasteiger partial charge in [-0.25, -0.2) is 4.39 Å². The summed E-state index contributed by atoms with van der Waals surface area (Å²) in [5.41, 5.74) is 0.0413. The van der Waals surface area contributed by atoms with Crippen LogP contribution in [0.3, 0.4) is 0 Å². The van der Waals surface area contributed by atoms with E-state index in [4.69, 9.17) is 9.47 Å². The fraction of sp³-hybridized carbons (Fsp3) is 0.938. The molecule has 0 spiro atoms. The molecule has 0 bridgehead atoms. The van der Waals surface area contributed by atoms with E-state index in [1.807, 2.05) is 6.92 Å². The van der Waals surface area contributed by atoms with E-state index in [2.05, 4.69) is 27.7 Å². The first-order valence-corrected chi connectivity index (χ1v) is 7.45. The SMILES string of the molecule is CCC(OC(C)=O)C(C)(C)CCC(C)(C)CCOCF. The third-order valence-electron chi connectivity index (χ3n) is 4.00. The predicted octanol–water partition coefficient (Wildman–Crippen LogP) is 4.49. The van der Waals surface area contributed by atoms with E-state index >= 15 is 0 Å². The Kier molecular flexibility index (Phi) is 8.33. The van der Waals surface area contributed by atoms with Gasteiger partial charge in [0.05, 0.1) is 6.61 Å². The van der Waals surface area contributed by atoms with E-state index in [-0.39, 0.29) is 22.9 Å². The van der Waals surface area contributed by atoms with Crippen LogP contribution in [0.15, 0.2) is 0 Å². The molecule has 20 heavy (non-hydrogen) atoms. The molecular weight excluding hydrogens is 259 g/mol. The second kappa shape index (κ2) is 8.60. The second-order valence-electron chi connectivity index (χ2n) is 6.93. The van der Waals surface area contributed by atoms with Crippen molar-refractivity contribution in [3.8, 4) is 0 Å². The van der Waals surface area contributed by atoms with Gasteiger partial charge in [-0.1, -0.05) is 34.6 Å². The Balaban J connectivity index is 4.40. The van der Waals surface area contributed by atoms with Gasteiger partial charge in [0.25, 0.3) is 0 Å². The summed E-state index contributed by atoms with van der Waals surface area (Å²) in [6, 6.07) is 0. The fourth-order valence-electron chi connectivity index (χ4n) is 2.35. The zero-order chi connectivity index (χ0) is 15.8. The van der Waals surface area contributed by atoms with Gasteiger partial charge in [-0.15, -0.1) is 0 Å². The molecule has 0 radical (unpaired) electrons. The Labute approximate surface area is 123 Å². The molecule has 0 rings (SSSR count). The molecule has 0 heterocycles. The first-order chi connectivity index (χ1) is 9.14. The van der Waals surface area contributed by atoms with Crippen LogP contribution in [0.2, 0.25) is 0 Å². The average molecular weight is 290 g/mol. The highest BCUT2D eigenvalue weighted by Crippen LogP contribution is 2.37. The quantitative estimate of drug-likeness (QED) is 0.439. The monoisotopic (exact) mass is 290 g/mol. The Morgan fingerprint density at radius 3 is 2.20 bits per heavy atom. The van der Waals surface area contributed by atoms with Crippen LogP contribution in [0.25, 0.3) is 0 Å². The summed E-state index contributed by atoms with van der Waals surface area (Å²) in [6.45, 7) is 11.8. The first kappa shape index (κ1) is 19.4. The second-order valence-corrected chi connectivity index (χ2v) is 6.93. The number of esters is 1.